The quantitative estimate of drug-likeness (QED) is 0.660. The third kappa shape index (κ3) is 4.22. The van der Waals surface area contributed by atoms with Crippen molar-refractivity contribution in [2.24, 2.45) is 0 Å². The Labute approximate surface area is 118 Å². The molecule has 0 aliphatic carbocycles. The van der Waals surface area contributed by atoms with Crippen molar-refractivity contribution in [3.8, 4) is 0 Å². The number of halogens is 1. The fourth-order valence-corrected chi connectivity index (χ4v) is 3.29. The Morgan fingerprint density at radius 2 is 2.21 bits per heavy atom. The van der Waals surface area contributed by atoms with Gasteiger partial charge in [-0.3, -0.25) is 0 Å². The van der Waals surface area contributed by atoms with Crippen molar-refractivity contribution in [3.05, 3.63) is 58.0 Å². The first-order valence-corrected chi connectivity index (χ1v) is 7.37. The van der Waals surface area contributed by atoms with Crippen LogP contribution in [0.15, 0.2) is 46.7 Å². The van der Waals surface area contributed by atoms with Gasteiger partial charge in [-0.2, -0.15) is 0 Å². The molecule has 0 aliphatic heterocycles. The van der Waals surface area contributed by atoms with Crippen molar-refractivity contribution in [3.63, 3.8) is 0 Å². The summed E-state index contributed by atoms with van der Waals surface area (Å²) in [6.07, 6.45) is 2.66. The summed E-state index contributed by atoms with van der Waals surface area (Å²) < 4.78 is 13.4. The van der Waals surface area contributed by atoms with Gasteiger partial charge in [-0.15, -0.1) is 23.1 Å². The number of hydrogen-bond donors (Lipinski definition) is 1. The predicted octanol–water partition coefficient (Wildman–Crippen LogP) is 4.28. The lowest BCUT2D eigenvalue weighted by Gasteiger charge is -2.00. The highest BCUT2D eigenvalue weighted by Crippen LogP contribution is 2.28. The van der Waals surface area contributed by atoms with E-state index in [1.807, 2.05) is 11.4 Å². The van der Waals surface area contributed by atoms with E-state index in [2.05, 4.69) is 0 Å². The molecule has 1 aromatic carbocycles. The number of rotatable bonds is 5. The molecule has 0 atom stereocenters. The van der Waals surface area contributed by atoms with Gasteiger partial charge in [-0.1, -0.05) is 12.1 Å². The third-order valence-electron chi connectivity index (χ3n) is 2.30. The average molecular weight is 294 g/mol. The number of thiophene rings is 1. The normalized spacial score (nSPS) is 11.0. The first kappa shape index (κ1) is 13.8. The van der Waals surface area contributed by atoms with E-state index < -0.39 is 5.97 Å². The Morgan fingerprint density at radius 3 is 2.95 bits per heavy atom. The van der Waals surface area contributed by atoms with E-state index in [9.17, 15) is 9.18 Å². The molecule has 2 aromatic rings. The Morgan fingerprint density at radius 1 is 1.42 bits per heavy atom. The molecule has 0 saturated heterocycles. The van der Waals surface area contributed by atoms with Gasteiger partial charge in [0.2, 0.25) is 0 Å². The van der Waals surface area contributed by atoms with Crippen LogP contribution >= 0.6 is 23.1 Å². The van der Waals surface area contributed by atoms with Crippen LogP contribution in [0.2, 0.25) is 0 Å². The van der Waals surface area contributed by atoms with Crippen LogP contribution in [0.3, 0.4) is 0 Å². The highest BCUT2D eigenvalue weighted by molar-refractivity contribution is 7.98. The first-order valence-electron chi connectivity index (χ1n) is 5.51. The molecule has 0 unspecified atom stereocenters. The van der Waals surface area contributed by atoms with Gasteiger partial charge in [-0.05, 0) is 35.2 Å². The van der Waals surface area contributed by atoms with E-state index in [4.69, 9.17) is 5.11 Å². The molecular weight excluding hydrogens is 283 g/mol. The number of carbonyl (C=O) groups is 1. The summed E-state index contributed by atoms with van der Waals surface area (Å²) in [5.74, 6) is -0.504. The molecule has 0 bridgehead atoms. The topological polar surface area (TPSA) is 37.3 Å². The summed E-state index contributed by atoms with van der Waals surface area (Å²) >= 11 is 2.97. The Balaban J connectivity index is 1.97. The second-order valence-electron chi connectivity index (χ2n) is 3.74. The summed E-state index contributed by atoms with van der Waals surface area (Å²) in [5, 5.41) is 10.4. The zero-order valence-corrected chi connectivity index (χ0v) is 11.5. The van der Waals surface area contributed by atoms with E-state index in [0.717, 1.165) is 16.5 Å². The summed E-state index contributed by atoms with van der Waals surface area (Å²) in [6.45, 7) is 0. The van der Waals surface area contributed by atoms with Gasteiger partial charge < -0.3 is 5.11 Å². The number of aliphatic carboxylic acids is 1. The van der Waals surface area contributed by atoms with E-state index in [-0.39, 0.29) is 5.82 Å². The molecule has 1 N–H and O–H groups in total. The lowest BCUT2D eigenvalue weighted by atomic mass is 10.3. The van der Waals surface area contributed by atoms with Crippen molar-refractivity contribution >= 4 is 35.1 Å². The van der Waals surface area contributed by atoms with Gasteiger partial charge in [-0.25, -0.2) is 9.18 Å². The molecule has 0 saturated carbocycles. The number of hydrogen-bond acceptors (Lipinski definition) is 3. The van der Waals surface area contributed by atoms with Crippen molar-refractivity contribution in [1.29, 1.82) is 0 Å². The van der Waals surface area contributed by atoms with Gasteiger partial charge in [0, 0.05) is 21.6 Å². The van der Waals surface area contributed by atoms with Gasteiger partial charge in [0.25, 0.3) is 0 Å². The van der Waals surface area contributed by atoms with Crippen molar-refractivity contribution in [2.75, 3.05) is 0 Å². The lowest BCUT2D eigenvalue weighted by molar-refractivity contribution is -0.131. The Kier molecular flexibility index (Phi) is 4.76. The minimum absolute atomic E-state index is 0.213. The first-order chi connectivity index (χ1) is 9.15. The smallest absolute Gasteiger partial charge is 0.328 e. The van der Waals surface area contributed by atoms with Crippen LogP contribution in [0.1, 0.15) is 10.4 Å². The number of thioether (sulfide) groups is 1. The zero-order chi connectivity index (χ0) is 13.7. The molecule has 1 aromatic heterocycles. The summed E-state index contributed by atoms with van der Waals surface area (Å²) in [5.41, 5.74) is 0.858. The summed E-state index contributed by atoms with van der Waals surface area (Å²) in [4.78, 5) is 12.1. The molecular formula is C14H11FO2S2. The molecule has 1 heterocycles. The molecule has 0 spiro atoms. The molecule has 2 rings (SSSR count). The molecule has 98 valence electrons. The van der Waals surface area contributed by atoms with Crippen molar-refractivity contribution in [2.45, 2.75) is 10.6 Å². The fraction of sp³-hybridized carbons (Fsp3) is 0.0714. The average Bonchev–Trinajstić information content (AvgIpc) is 2.83. The van der Waals surface area contributed by atoms with Crippen LogP contribution in [0.5, 0.6) is 0 Å². The molecule has 19 heavy (non-hydrogen) atoms. The molecule has 0 amide bonds. The van der Waals surface area contributed by atoms with Crippen molar-refractivity contribution in [1.82, 2.24) is 0 Å². The number of benzene rings is 1. The monoisotopic (exact) mass is 294 g/mol. The maximum absolute atomic E-state index is 13.4. The van der Waals surface area contributed by atoms with E-state index in [1.165, 1.54) is 29.2 Å². The van der Waals surface area contributed by atoms with Crippen LogP contribution in [0.25, 0.3) is 6.08 Å². The maximum atomic E-state index is 13.4. The summed E-state index contributed by atoms with van der Waals surface area (Å²) in [7, 11) is 0. The van der Waals surface area contributed by atoms with Crippen LogP contribution < -0.4 is 0 Å². The van der Waals surface area contributed by atoms with Crippen molar-refractivity contribution < 1.29 is 14.3 Å². The van der Waals surface area contributed by atoms with E-state index >= 15 is 0 Å². The third-order valence-corrected chi connectivity index (χ3v) is 4.53. The SMILES string of the molecule is O=C(O)C=Cc1csc(CSc2ccccc2F)c1. The summed E-state index contributed by atoms with van der Waals surface area (Å²) in [6, 6.07) is 8.58. The van der Waals surface area contributed by atoms with Crippen LogP contribution in [0.4, 0.5) is 4.39 Å². The van der Waals surface area contributed by atoms with Crippen LogP contribution in [-0.4, -0.2) is 11.1 Å². The van der Waals surface area contributed by atoms with Crippen LogP contribution in [0, 0.1) is 5.82 Å². The van der Waals surface area contributed by atoms with Gasteiger partial charge in [0.05, 0.1) is 0 Å². The largest absolute Gasteiger partial charge is 0.478 e. The minimum atomic E-state index is -0.964. The minimum Gasteiger partial charge on any atom is -0.478 e. The van der Waals surface area contributed by atoms with Gasteiger partial charge >= 0.3 is 5.97 Å². The lowest BCUT2D eigenvalue weighted by Crippen LogP contribution is -1.84. The highest BCUT2D eigenvalue weighted by atomic mass is 32.2. The number of carboxylic acid groups (broad SMARTS) is 1. The number of carboxylic acids is 1. The maximum Gasteiger partial charge on any atom is 0.328 e. The van der Waals surface area contributed by atoms with E-state index in [1.54, 1.807) is 24.3 Å². The van der Waals surface area contributed by atoms with Crippen LogP contribution in [-0.2, 0) is 10.5 Å². The molecule has 2 nitrogen and oxygen atoms in total. The second kappa shape index (κ2) is 6.54. The van der Waals surface area contributed by atoms with Gasteiger partial charge in [0.1, 0.15) is 5.82 Å². The Hall–Kier alpha value is -1.59. The molecule has 0 fully saturated rings. The predicted molar refractivity (Wildman–Crippen MR) is 76.9 cm³/mol. The van der Waals surface area contributed by atoms with Gasteiger partial charge in [0.15, 0.2) is 0 Å². The second-order valence-corrected chi connectivity index (χ2v) is 5.75. The van der Waals surface area contributed by atoms with E-state index in [0.29, 0.717) is 10.6 Å². The molecule has 0 aliphatic rings. The standard InChI is InChI=1S/C14H11FO2S2/c15-12-3-1-2-4-13(12)19-9-11-7-10(8-18-11)5-6-14(16)17/h1-8H,9H2,(H,16,17). The highest BCUT2D eigenvalue weighted by Gasteiger charge is 2.03. The Bertz CT molecular complexity index is 605. The molecule has 5 heteroatoms. The zero-order valence-electron chi connectivity index (χ0n) is 9.88. The fourth-order valence-electron chi connectivity index (χ4n) is 1.44. The molecule has 0 radical (unpaired) electrons.